The van der Waals surface area contributed by atoms with Crippen LogP contribution in [0.3, 0.4) is 0 Å². The second kappa shape index (κ2) is 5.48. The van der Waals surface area contributed by atoms with E-state index in [0.29, 0.717) is 19.8 Å². The lowest BCUT2D eigenvalue weighted by Gasteiger charge is -2.32. The minimum Gasteiger partial charge on any atom is -0.468 e. The van der Waals surface area contributed by atoms with Gasteiger partial charge in [-0.1, -0.05) is 0 Å². The standard InChI is InChI=1S/C12H22N2O2/c1-12(2,14(3)4)9-15-8-10-5-6-16-11(10)7-13/h5-6H,7-9,13H2,1-4H3. The van der Waals surface area contributed by atoms with Gasteiger partial charge in [0.25, 0.3) is 0 Å². The third-order valence-corrected chi connectivity index (χ3v) is 2.95. The molecule has 1 aromatic rings. The monoisotopic (exact) mass is 226 g/mol. The Kier molecular flexibility index (Phi) is 4.53. The van der Waals surface area contributed by atoms with Crippen molar-refractivity contribution in [1.82, 2.24) is 4.90 Å². The molecule has 1 aromatic heterocycles. The molecule has 0 unspecified atom stereocenters. The van der Waals surface area contributed by atoms with Crippen molar-refractivity contribution in [2.75, 3.05) is 20.7 Å². The Morgan fingerprint density at radius 3 is 2.69 bits per heavy atom. The number of ether oxygens (including phenoxy) is 1. The summed E-state index contributed by atoms with van der Waals surface area (Å²) in [5, 5.41) is 0. The summed E-state index contributed by atoms with van der Waals surface area (Å²) >= 11 is 0. The van der Waals surface area contributed by atoms with Crippen LogP contribution in [0.15, 0.2) is 16.7 Å². The van der Waals surface area contributed by atoms with Gasteiger partial charge in [0.1, 0.15) is 5.76 Å². The maximum absolute atomic E-state index is 5.69. The van der Waals surface area contributed by atoms with Gasteiger partial charge in [-0.15, -0.1) is 0 Å². The van der Waals surface area contributed by atoms with Crippen molar-refractivity contribution in [2.24, 2.45) is 5.73 Å². The molecule has 0 saturated carbocycles. The lowest BCUT2D eigenvalue weighted by atomic mass is 10.1. The third kappa shape index (κ3) is 3.33. The Balaban J connectivity index is 2.41. The molecular weight excluding hydrogens is 204 g/mol. The predicted octanol–water partition coefficient (Wildman–Crippen LogP) is 1.60. The van der Waals surface area contributed by atoms with Gasteiger partial charge in [0.15, 0.2) is 0 Å². The Morgan fingerprint density at radius 2 is 2.12 bits per heavy atom. The zero-order valence-electron chi connectivity index (χ0n) is 10.6. The smallest absolute Gasteiger partial charge is 0.122 e. The Bertz CT molecular complexity index is 319. The minimum atomic E-state index is 0.0343. The first-order valence-corrected chi connectivity index (χ1v) is 5.48. The summed E-state index contributed by atoms with van der Waals surface area (Å²) in [6, 6.07) is 1.91. The summed E-state index contributed by atoms with van der Waals surface area (Å²) in [6.45, 7) is 5.94. The molecular formula is C12H22N2O2. The second-order valence-corrected chi connectivity index (χ2v) is 4.77. The van der Waals surface area contributed by atoms with Crippen LogP contribution in [0.4, 0.5) is 0 Å². The third-order valence-electron chi connectivity index (χ3n) is 2.95. The van der Waals surface area contributed by atoms with E-state index in [4.69, 9.17) is 14.9 Å². The molecule has 0 aromatic carbocycles. The fraction of sp³-hybridized carbons (Fsp3) is 0.667. The van der Waals surface area contributed by atoms with Gasteiger partial charge >= 0.3 is 0 Å². The molecule has 16 heavy (non-hydrogen) atoms. The first-order valence-electron chi connectivity index (χ1n) is 5.48. The number of hydrogen-bond donors (Lipinski definition) is 1. The van der Waals surface area contributed by atoms with Gasteiger partial charge in [0, 0.05) is 11.1 Å². The van der Waals surface area contributed by atoms with Crippen molar-refractivity contribution in [3.8, 4) is 0 Å². The van der Waals surface area contributed by atoms with Crippen LogP contribution in [0.2, 0.25) is 0 Å². The van der Waals surface area contributed by atoms with E-state index in [0.717, 1.165) is 11.3 Å². The summed E-state index contributed by atoms with van der Waals surface area (Å²) in [5.74, 6) is 0.808. The molecule has 4 nitrogen and oxygen atoms in total. The molecule has 1 rings (SSSR count). The van der Waals surface area contributed by atoms with E-state index in [1.165, 1.54) is 0 Å². The van der Waals surface area contributed by atoms with Gasteiger partial charge < -0.3 is 19.8 Å². The zero-order valence-corrected chi connectivity index (χ0v) is 10.6. The highest BCUT2D eigenvalue weighted by Crippen LogP contribution is 2.14. The number of hydrogen-bond acceptors (Lipinski definition) is 4. The maximum Gasteiger partial charge on any atom is 0.122 e. The molecule has 0 saturated heterocycles. The topological polar surface area (TPSA) is 51.6 Å². The molecule has 0 spiro atoms. The summed E-state index contributed by atoms with van der Waals surface area (Å²) < 4.78 is 10.9. The highest BCUT2D eigenvalue weighted by atomic mass is 16.5. The van der Waals surface area contributed by atoms with Gasteiger partial charge in [-0.2, -0.15) is 0 Å². The first kappa shape index (κ1) is 13.2. The van der Waals surface area contributed by atoms with E-state index in [-0.39, 0.29) is 5.54 Å². The molecule has 0 aliphatic carbocycles. The minimum absolute atomic E-state index is 0.0343. The molecule has 0 aliphatic heterocycles. The summed E-state index contributed by atoms with van der Waals surface area (Å²) in [4.78, 5) is 2.15. The fourth-order valence-corrected chi connectivity index (χ4v) is 1.21. The molecule has 0 atom stereocenters. The van der Waals surface area contributed by atoms with Gasteiger partial charge in [-0.25, -0.2) is 0 Å². The van der Waals surface area contributed by atoms with E-state index < -0.39 is 0 Å². The van der Waals surface area contributed by atoms with Crippen LogP contribution in [-0.4, -0.2) is 31.1 Å². The van der Waals surface area contributed by atoms with Crippen molar-refractivity contribution in [3.05, 3.63) is 23.7 Å². The lowest BCUT2D eigenvalue weighted by Crippen LogP contribution is -2.42. The van der Waals surface area contributed by atoms with E-state index in [9.17, 15) is 0 Å². The Labute approximate surface area is 97.4 Å². The van der Waals surface area contributed by atoms with Gasteiger partial charge in [-0.3, -0.25) is 0 Å². The number of rotatable bonds is 6. The van der Waals surface area contributed by atoms with Crippen LogP contribution in [0.1, 0.15) is 25.2 Å². The maximum atomic E-state index is 5.69. The first-order chi connectivity index (χ1) is 7.47. The number of furan rings is 1. The molecule has 0 bridgehead atoms. The lowest BCUT2D eigenvalue weighted by molar-refractivity contribution is 0.0269. The van der Waals surface area contributed by atoms with Crippen molar-refractivity contribution in [3.63, 3.8) is 0 Å². The van der Waals surface area contributed by atoms with E-state index in [1.807, 2.05) is 20.2 Å². The van der Waals surface area contributed by atoms with Crippen LogP contribution >= 0.6 is 0 Å². The molecule has 0 radical (unpaired) electrons. The summed E-state index contributed by atoms with van der Waals surface area (Å²) in [6.07, 6.45) is 1.65. The zero-order chi connectivity index (χ0) is 12.2. The fourth-order valence-electron chi connectivity index (χ4n) is 1.21. The molecule has 2 N–H and O–H groups in total. The van der Waals surface area contributed by atoms with Crippen molar-refractivity contribution in [1.29, 1.82) is 0 Å². The van der Waals surface area contributed by atoms with Gasteiger partial charge in [0.2, 0.25) is 0 Å². The van der Waals surface area contributed by atoms with Crippen molar-refractivity contribution >= 4 is 0 Å². The van der Waals surface area contributed by atoms with E-state index >= 15 is 0 Å². The second-order valence-electron chi connectivity index (χ2n) is 4.77. The number of nitrogens with two attached hydrogens (primary N) is 1. The summed E-state index contributed by atoms with van der Waals surface area (Å²) in [7, 11) is 4.10. The molecule has 0 fully saturated rings. The number of nitrogens with zero attached hydrogens (tertiary/aromatic N) is 1. The molecule has 92 valence electrons. The van der Waals surface area contributed by atoms with Crippen LogP contribution in [0.25, 0.3) is 0 Å². The van der Waals surface area contributed by atoms with Crippen LogP contribution < -0.4 is 5.73 Å². The average molecular weight is 226 g/mol. The van der Waals surface area contributed by atoms with Crippen LogP contribution in [0, 0.1) is 0 Å². The summed E-state index contributed by atoms with van der Waals surface area (Å²) in [5.41, 5.74) is 6.62. The highest BCUT2D eigenvalue weighted by Gasteiger charge is 2.20. The van der Waals surface area contributed by atoms with Crippen LogP contribution in [-0.2, 0) is 17.9 Å². The van der Waals surface area contributed by atoms with Crippen molar-refractivity contribution in [2.45, 2.75) is 32.5 Å². The van der Waals surface area contributed by atoms with E-state index in [2.05, 4.69) is 18.7 Å². The van der Waals surface area contributed by atoms with Gasteiger partial charge in [0.05, 0.1) is 26.0 Å². The average Bonchev–Trinajstić information content (AvgIpc) is 2.64. The quantitative estimate of drug-likeness (QED) is 0.800. The molecule has 1 heterocycles. The largest absolute Gasteiger partial charge is 0.468 e. The molecule has 0 aliphatic rings. The van der Waals surface area contributed by atoms with E-state index in [1.54, 1.807) is 6.26 Å². The normalized spacial score (nSPS) is 12.4. The van der Waals surface area contributed by atoms with Gasteiger partial charge in [-0.05, 0) is 34.0 Å². The highest BCUT2D eigenvalue weighted by molar-refractivity contribution is 5.15. The van der Waals surface area contributed by atoms with Crippen molar-refractivity contribution < 1.29 is 9.15 Å². The molecule has 0 amide bonds. The number of likely N-dealkylation sites (N-methyl/N-ethyl adjacent to an activating group) is 1. The molecule has 4 heteroatoms. The predicted molar refractivity (Wildman–Crippen MR) is 64.0 cm³/mol. The Morgan fingerprint density at radius 1 is 1.44 bits per heavy atom. The Hall–Kier alpha value is -0.840. The van der Waals surface area contributed by atoms with Crippen LogP contribution in [0.5, 0.6) is 0 Å². The SMILES string of the molecule is CN(C)C(C)(C)COCc1ccoc1CN.